The highest BCUT2D eigenvalue weighted by Gasteiger charge is 2.12. The van der Waals surface area contributed by atoms with Crippen LogP contribution < -0.4 is 5.73 Å². The maximum atomic E-state index is 13.1. The predicted octanol–water partition coefficient (Wildman–Crippen LogP) is 3.22. The van der Waals surface area contributed by atoms with Gasteiger partial charge < -0.3 is 5.73 Å². The van der Waals surface area contributed by atoms with Crippen molar-refractivity contribution >= 4 is 24.0 Å². The lowest BCUT2D eigenvalue weighted by Gasteiger charge is -2.12. The van der Waals surface area contributed by atoms with Crippen molar-refractivity contribution < 1.29 is 4.39 Å². The number of aromatic nitrogens is 1. The normalized spacial score (nSPS) is 11.3. The SMILES string of the molecule is Cl.N#Cc1cccc([C@H](N)c2ccc(F)c(Cl)c2)n1. The summed E-state index contributed by atoms with van der Waals surface area (Å²) < 4.78 is 13.1. The Morgan fingerprint density at radius 3 is 2.68 bits per heavy atom. The molecule has 0 saturated carbocycles. The molecule has 0 aliphatic rings. The lowest BCUT2D eigenvalue weighted by molar-refractivity contribution is 0.626. The lowest BCUT2D eigenvalue weighted by atomic mass is 10.0. The number of halogens is 3. The van der Waals surface area contributed by atoms with Gasteiger partial charge >= 0.3 is 0 Å². The Kier molecular flexibility index (Phi) is 5.25. The lowest BCUT2D eigenvalue weighted by Crippen LogP contribution is -2.14. The molecule has 19 heavy (non-hydrogen) atoms. The molecule has 0 bridgehead atoms. The molecule has 0 radical (unpaired) electrons. The number of nitrogens with zero attached hydrogens (tertiary/aromatic N) is 2. The molecular formula is C13H10Cl2FN3. The van der Waals surface area contributed by atoms with Crippen molar-refractivity contribution in [2.24, 2.45) is 5.73 Å². The van der Waals surface area contributed by atoms with Gasteiger partial charge in [0.2, 0.25) is 0 Å². The van der Waals surface area contributed by atoms with Crippen LogP contribution in [0.25, 0.3) is 0 Å². The molecule has 2 rings (SSSR count). The zero-order chi connectivity index (χ0) is 13.1. The van der Waals surface area contributed by atoms with Crippen LogP contribution in [0.4, 0.5) is 4.39 Å². The Morgan fingerprint density at radius 2 is 2.05 bits per heavy atom. The zero-order valence-electron chi connectivity index (χ0n) is 9.68. The number of nitrogens with two attached hydrogens (primary N) is 1. The van der Waals surface area contributed by atoms with Crippen LogP contribution in [0.3, 0.4) is 0 Å². The molecule has 0 aliphatic heterocycles. The third kappa shape index (κ3) is 3.42. The molecule has 6 heteroatoms. The van der Waals surface area contributed by atoms with E-state index in [1.165, 1.54) is 12.1 Å². The average molecular weight is 298 g/mol. The van der Waals surface area contributed by atoms with Gasteiger partial charge in [0.25, 0.3) is 0 Å². The molecule has 0 fully saturated rings. The van der Waals surface area contributed by atoms with E-state index >= 15 is 0 Å². The van der Waals surface area contributed by atoms with Gasteiger partial charge in [-0.2, -0.15) is 5.26 Å². The number of pyridine rings is 1. The summed E-state index contributed by atoms with van der Waals surface area (Å²) in [6.45, 7) is 0. The predicted molar refractivity (Wildman–Crippen MR) is 73.6 cm³/mol. The second kappa shape index (κ2) is 6.48. The van der Waals surface area contributed by atoms with Gasteiger partial charge in [-0.3, -0.25) is 0 Å². The standard InChI is InChI=1S/C13H9ClFN3.ClH/c14-10-6-8(4-5-11(10)15)13(17)12-3-1-2-9(7-16)18-12;/h1-6,13H,17H2;1H/t13-;/m1./s1. The second-order valence-corrected chi connectivity index (χ2v) is 4.12. The minimum Gasteiger partial charge on any atom is -0.319 e. The summed E-state index contributed by atoms with van der Waals surface area (Å²) in [6, 6.07) is 10.7. The van der Waals surface area contributed by atoms with Gasteiger partial charge in [-0.1, -0.05) is 23.7 Å². The highest BCUT2D eigenvalue weighted by atomic mass is 35.5. The van der Waals surface area contributed by atoms with Crippen molar-refractivity contribution in [1.29, 1.82) is 5.26 Å². The summed E-state index contributed by atoms with van der Waals surface area (Å²) in [5.41, 5.74) is 7.48. The van der Waals surface area contributed by atoms with Gasteiger partial charge in [-0.25, -0.2) is 9.37 Å². The van der Waals surface area contributed by atoms with Crippen molar-refractivity contribution in [3.63, 3.8) is 0 Å². The largest absolute Gasteiger partial charge is 0.319 e. The Hall–Kier alpha value is -1.67. The Bertz CT molecular complexity index is 626. The molecule has 1 aromatic heterocycles. The number of nitriles is 1. The molecule has 3 nitrogen and oxygen atoms in total. The van der Waals surface area contributed by atoms with Crippen LogP contribution in [-0.4, -0.2) is 4.98 Å². The van der Waals surface area contributed by atoms with E-state index in [9.17, 15) is 4.39 Å². The highest BCUT2D eigenvalue weighted by Crippen LogP contribution is 2.23. The molecule has 1 atom stereocenters. The summed E-state index contributed by atoms with van der Waals surface area (Å²) in [4.78, 5) is 4.10. The van der Waals surface area contributed by atoms with E-state index in [-0.39, 0.29) is 23.1 Å². The molecule has 1 aromatic carbocycles. The smallest absolute Gasteiger partial charge is 0.141 e. The van der Waals surface area contributed by atoms with Crippen molar-refractivity contribution in [3.8, 4) is 6.07 Å². The number of benzene rings is 1. The second-order valence-electron chi connectivity index (χ2n) is 3.71. The number of hydrogen-bond donors (Lipinski definition) is 1. The first-order valence-corrected chi connectivity index (χ1v) is 5.57. The number of rotatable bonds is 2. The van der Waals surface area contributed by atoms with E-state index in [2.05, 4.69) is 4.98 Å². The number of hydrogen-bond acceptors (Lipinski definition) is 3. The van der Waals surface area contributed by atoms with Crippen molar-refractivity contribution in [1.82, 2.24) is 4.98 Å². The maximum absolute atomic E-state index is 13.1. The van der Waals surface area contributed by atoms with E-state index < -0.39 is 11.9 Å². The minimum absolute atomic E-state index is 0. The third-order valence-corrected chi connectivity index (χ3v) is 2.80. The molecule has 2 aromatic rings. The fourth-order valence-corrected chi connectivity index (χ4v) is 1.75. The molecule has 2 N–H and O–H groups in total. The Morgan fingerprint density at radius 1 is 1.32 bits per heavy atom. The first-order valence-electron chi connectivity index (χ1n) is 5.19. The van der Waals surface area contributed by atoms with Crippen LogP contribution in [0.15, 0.2) is 36.4 Å². The van der Waals surface area contributed by atoms with Gasteiger partial charge in [-0.15, -0.1) is 12.4 Å². The van der Waals surface area contributed by atoms with Crippen molar-refractivity contribution in [2.45, 2.75) is 6.04 Å². The molecule has 98 valence electrons. The van der Waals surface area contributed by atoms with Gasteiger partial charge in [0, 0.05) is 0 Å². The van der Waals surface area contributed by atoms with Gasteiger partial charge in [0.05, 0.1) is 16.8 Å². The van der Waals surface area contributed by atoms with Crippen molar-refractivity contribution in [3.05, 3.63) is 64.2 Å². The summed E-state index contributed by atoms with van der Waals surface area (Å²) in [7, 11) is 0. The van der Waals surface area contributed by atoms with Gasteiger partial charge in [0.1, 0.15) is 17.6 Å². The Labute approximate surface area is 121 Å². The van der Waals surface area contributed by atoms with Crippen LogP contribution in [0.2, 0.25) is 5.02 Å². The molecule has 0 unspecified atom stereocenters. The summed E-state index contributed by atoms with van der Waals surface area (Å²) in [5.74, 6) is -0.494. The quantitative estimate of drug-likeness (QED) is 0.926. The fourth-order valence-electron chi connectivity index (χ4n) is 1.56. The molecular weight excluding hydrogens is 288 g/mol. The average Bonchev–Trinajstić information content (AvgIpc) is 2.41. The summed E-state index contributed by atoms with van der Waals surface area (Å²) in [5, 5.41) is 8.78. The molecule has 0 spiro atoms. The molecule has 0 saturated heterocycles. The van der Waals surface area contributed by atoms with E-state index in [0.717, 1.165) is 0 Å². The Balaban J connectivity index is 0.00000180. The first-order chi connectivity index (χ1) is 8.61. The van der Waals surface area contributed by atoms with Crippen molar-refractivity contribution in [2.75, 3.05) is 0 Å². The summed E-state index contributed by atoms with van der Waals surface area (Å²) >= 11 is 5.70. The minimum atomic E-state index is -0.545. The van der Waals surface area contributed by atoms with Gasteiger partial charge in [-0.05, 0) is 29.8 Å². The van der Waals surface area contributed by atoms with E-state index in [1.807, 2.05) is 6.07 Å². The molecule has 1 heterocycles. The van der Waals surface area contributed by atoms with E-state index in [4.69, 9.17) is 22.6 Å². The van der Waals surface area contributed by atoms with Crippen LogP contribution in [0.5, 0.6) is 0 Å². The highest BCUT2D eigenvalue weighted by molar-refractivity contribution is 6.30. The zero-order valence-corrected chi connectivity index (χ0v) is 11.2. The monoisotopic (exact) mass is 297 g/mol. The summed E-state index contributed by atoms with van der Waals surface area (Å²) in [6.07, 6.45) is 0. The molecule has 0 amide bonds. The third-order valence-electron chi connectivity index (χ3n) is 2.51. The van der Waals surface area contributed by atoms with E-state index in [1.54, 1.807) is 24.3 Å². The van der Waals surface area contributed by atoms with Crippen LogP contribution in [0, 0.1) is 17.1 Å². The topological polar surface area (TPSA) is 62.7 Å². The molecule has 0 aliphatic carbocycles. The fraction of sp³-hybridized carbons (Fsp3) is 0.0769. The van der Waals surface area contributed by atoms with Gasteiger partial charge in [0.15, 0.2) is 0 Å². The maximum Gasteiger partial charge on any atom is 0.141 e. The first kappa shape index (κ1) is 15.4. The van der Waals surface area contributed by atoms with Crippen LogP contribution in [0.1, 0.15) is 23.0 Å². The van der Waals surface area contributed by atoms with Crippen LogP contribution >= 0.6 is 24.0 Å². The van der Waals surface area contributed by atoms with E-state index in [0.29, 0.717) is 11.3 Å². The van der Waals surface area contributed by atoms with Crippen LogP contribution in [-0.2, 0) is 0 Å².